The summed E-state index contributed by atoms with van der Waals surface area (Å²) in [5, 5.41) is 17.0. The lowest BCUT2D eigenvalue weighted by Gasteiger charge is -2.09. The molecular weight excluding hydrogens is 312 g/mol. The molecule has 0 bridgehead atoms. The fourth-order valence-corrected chi connectivity index (χ4v) is 1.53. The molecule has 1 heterocycles. The zero-order chi connectivity index (χ0) is 17.9. The Morgan fingerprint density at radius 1 is 0.792 bits per heavy atom. The Kier molecular flexibility index (Phi) is 7.80. The first-order chi connectivity index (χ1) is 11.4. The molecule has 2 aromatic carbocycles. The number of anilines is 2. The van der Waals surface area contributed by atoms with Gasteiger partial charge in [-0.2, -0.15) is 0 Å². The predicted octanol–water partition coefficient (Wildman–Crippen LogP) is 2.34. The van der Waals surface area contributed by atoms with Crippen LogP contribution in [0.5, 0.6) is 0 Å². The van der Waals surface area contributed by atoms with E-state index >= 15 is 0 Å². The Balaban J connectivity index is 0.000000195. The zero-order valence-corrected chi connectivity index (χ0v) is 13.0. The molecule has 128 valence electrons. The first-order valence-electron chi connectivity index (χ1n) is 7.16. The lowest BCUT2D eigenvalue weighted by molar-refractivity contribution is 0.0367. The monoisotopic (exact) mass is 332 g/mol. The van der Waals surface area contributed by atoms with Crippen molar-refractivity contribution in [1.29, 1.82) is 0 Å². The van der Waals surface area contributed by atoms with E-state index in [1.54, 1.807) is 36.4 Å². The van der Waals surface area contributed by atoms with Crippen LogP contribution in [0.15, 0.2) is 48.5 Å². The number of carbonyl (C=O) groups is 2. The van der Waals surface area contributed by atoms with Crippen LogP contribution >= 0.6 is 0 Å². The van der Waals surface area contributed by atoms with Gasteiger partial charge in [-0.15, -0.1) is 0 Å². The van der Waals surface area contributed by atoms with Gasteiger partial charge in [-0.25, -0.2) is 9.59 Å². The number of aromatic carboxylic acids is 2. The van der Waals surface area contributed by atoms with Crippen LogP contribution < -0.4 is 11.5 Å². The average molecular weight is 332 g/mol. The number of hydrogen-bond acceptors (Lipinski definition) is 5. The van der Waals surface area contributed by atoms with E-state index < -0.39 is 11.9 Å². The molecule has 7 nitrogen and oxygen atoms in total. The number of carboxylic acids is 2. The molecule has 0 aromatic heterocycles. The highest BCUT2D eigenvalue weighted by atomic mass is 16.5. The summed E-state index contributed by atoms with van der Waals surface area (Å²) in [4.78, 5) is 20.7. The molecule has 2 aromatic rings. The molecule has 1 aliphatic rings. The number of para-hydroxylation sites is 2. The maximum Gasteiger partial charge on any atom is 0.337 e. The van der Waals surface area contributed by atoms with Crippen LogP contribution in [0.1, 0.15) is 27.1 Å². The highest BCUT2D eigenvalue weighted by Crippen LogP contribution is 2.09. The molecule has 6 N–H and O–H groups in total. The third kappa shape index (κ3) is 6.37. The maximum atomic E-state index is 10.3. The minimum atomic E-state index is -0.988. The third-order valence-corrected chi connectivity index (χ3v) is 2.96. The van der Waals surface area contributed by atoms with Gasteiger partial charge in [0.15, 0.2) is 0 Å². The van der Waals surface area contributed by atoms with Crippen molar-refractivity contribution in [1.82, 2.24) is 0 Å². The minimum absolute atomic E-state index is 0.155. The number of benzene rings is 2. The first-order valence-corrected chi connectivity index (χ1v) is 7.16. The molecular formula is C17H20N2O5. The van der Waals surface area contributed by atoms with Crippen LogP contribution in [-0.4, -0.2) is 35.4 Å². The number of hydrogen-bond donors (Lipinski definition) is 4. The average Bonchev–Trinajstić information content (AvgIpc) is 2.46. The Labute approximate surface area is 139 Å². The summed E-state index contributed by atoms with van der Waals surface area (Å²) in [5.41, 5.74) is 11.6. The molecule has 1 fully saturated rings. The lowest BCUT2D eigenvalue weighted by Crippen LogP contribution is -2.09. The van der Waals surface area contributed by atoms with Crippen LogP contribution in [0.25, 0.3) is 0 Å². The Morgan fingerprint density at radius 2 is 1.08 bits per heavy atom. The van der Waals surface area contributed by atoms with Crippen LogP contribution in [0.3, 0.4) is 0 Å². The maximum absolute atomic E-state index is 10.3. The van der Waals surface area contributed by atoms with E-state index in [0.29, 0.717) is 11.4 Å². The normalized spacial score (nSPS) is 11.7. The minimum Gasteiger partial charge on any atom is -0.478 e. The SMILES string of the molecule is C1COC1.Nc1ccccc1C(=O)O.Nc1ccccc1C(=O)O. The van der Waals surface area contributed by atoms with E-state index in [1.807, 2.05) is 0 Å². The van der Waals surface area contributed by atoms with Crippen molar-refractivity contribution in [3.05, 3.63) is 59.7 Å². The van der Waals surface area contributed by atoms with Gasteiger partial charge in [0.1, 0.15) is 0 Å². The van der Waals surface area contributed by atoms with Crippen LogP contribution in [-0.2, 0) is 4.74 Å². The van der Waals surface area contributed by atoms with Crippen LogP contribution in [0.4, 0.5) is 11.4 Å². The van der Waals surface area contributed by atoms with Gasteiger partial charge in [0.05, 0.1) is 11.1 Å². The summed E-state index contributed by atoms with van der Waals surface area (Å²) < 4.78 is 4.72. The van der Waals surface area contributed by atoms with Gasteiger partial charge in [0, 0.05) is 24.6 Å². The summed E-state index contributed by atoms with van der Waals surface area (Å²) in [6.07, 6.45) is 1.28. The molecule has 1 saturated heterocycles. The van der Waals surface area contributed by atoms with Gasteiger partial charge in [0.2, 0.25) is 0 Å². The van der Waals surface area contributed by atoms with Crippen molar-refractivity contribution in [3.63, 3.8) is 0 Å². The van der Waals surface area contributed by atoms with E-state index in [1.165, 1.54) is 18.6 Å². The second kappa shape index (κ2) is 9.86. The zero-order valence-electron chi connectivity index (χ0n) is 13.0. The largest absolute Gasteiger partial charge is 0.478 e. The van der Waals surface area contributed by atoms with Crippen molar-refractivity contribution < 1.29 is 24.5 Å². The van der Waals surface area contributed by atoms with E-state index in [9.17, 15) is 9.59 Å². The van der Waals surface area contributed by atoms with E-state index in [0.717, 1.165) is 13.2 Å². The molecule has 1 aliphatic heterocycles. The standard InChI is InChI=1S/2C7H7NO2.C3H6O/c2*8-6-4-2-1-3-5(6)7(9)10;1-2-4-3-1/h2*1-4H,8H2,(H,9,10);1-3H2. The van der Waals surface area contributed by atoms with E-state index in [-0.39, 0.29) is 11.1 Å². The molecule has 0 atom stereocenters. The van der Waals surface area contributed by atoms with Crippen LogP contribution in [0, 0.1) is 0 Å². The van der Waals surface area contributed by atoms with Crippen molar-refractivity contribution in [3.8, 4) is 0 Å². The molecule has 0 amide bonds. The Bertz CT molecular complexity index is 625. The summed E-state index contributed by atoms with van der Waals surface area (Å²) in [7, 11) is 0. The van der Waals surface area contributed by atoms with Gasteiger partial charge in [-0.3, -0.25) is 0 Å². The molecule has 0 saturated carbocycles. The first kappa shape index (κ1) is 19.0. The van der Waals surface area contributed by atoms with Gasteiger partial charge in [-0.05, 0) is 30.7 Å². The third-order valence-electron chi connectivity index (χ3n) is 2.96. The van der Waals surface area contributed by atoms with Gasteiger partial charge in [-0.1, -0.05) is 24.3 Å². The van der Waals surface area contributed by atoms with Crippen molar-refractivity contribution in [2.45, 2.75) is 6.42 Å². The smallest absolute Gasteiger partial charge is 0.337 e. The summed E-state index contributed by atoms with van der Waals surface area (Å²) in [5.74, 6) is -1.98. The highest BCUT2D eigenvalue weighted by Gasteiger charge is 2.04. The van der Waals surface area contributed by atoms with Gasteiger partial charge >= 0.3 is 11.9 Å². The lowest BCUT2D eigenvalue weighted by atomic mass is 10.2. The number of rotatable bonds is 2. The van der Waals surface area contributed by atoms with Crippen molar-refractivity contribution in [2.75, 3.05) is 24.7 Å². The fourth-order valence-electron chi connectivity index (χ4n) is 1.53. The van der Waals surface area contributed by atoms with Gasteiger partial charge in [0.25, 0.3) is 0 Å². The topological polar surface area (TPSA) is 136 Å². The molecule has 0 aliphatic carbocycles. The molecule has 0 unspecified atom stereocenters. The summed E-state index contributed by atoms with van der Waals surface area (Å²) in [6.45, 7) is 2.00. The molecule has 0 spiro atoms. The second-order valence-corrected chi connectivity index (χ2v) is 4.75. The number of nitrogen functional groups attached to an aromatic ring is 2. The Morgan fingerprint density at radius 3 is 1.25 bits per heavy atom. The molecule has 0 radical (unpaired) electrons. The van der Waals surface area contributed by atoms with Crippen molar-refractivity contribution >= 4 is 23.3 Å². The predicted molar refractivity (Wildman–Crippen MR) is 91.1 cm³/mol. The molecule has 7 heteroatoms. The fraction of sp³-hybridized carbons (Fsp3) is 0.176. The number of nitrogens with two attached hydrogens (primary N) is 2. The van der Waals surface area contributed by atoms with E-state index in [2.05, 4.69) is 0 Å². The second-order valence-electron chi connectivity index (χ2n) is 4.75. The van der Waals surface area contributed by atoms with E-state index in [4.69, 9.17) is 26.4 Å². The molecule has 3 rings (SSSR count). The highest BCUT2D eigenvalue weighted by molar-refractivity contribution is 5.93. The quantitative estimate of drug-likeness (QED) is 0.620. The summed E-state index contributed by atoms with van der Waals surface area (Å²) in [6, 6.07) is 12.7. The summed E-state index contributed by atoms with van der Waals surface area (Å²) >= 11 is 0. The molecule has 24 heavy (non-hydrogen) atoms. The number of ether oxygens (including phenoxy) is 1. The Hall–Kier alpha value is -3.06. The van der Waals surface area contributed by atoms with Crippen LogP contribution in [0.2, 0.25) is 0 Å². The number of carboxylic acid groups (broad SMARTS) is 2. The van der Waals surface area contributed by atoms with Crippen molar-refractivity contribution in [2.24, 2.45) is 0 Å². The van der Waals surface area contributed by atoms with Gasteiger partial charge < -0.3 is 26.4 Å².